The number of hydrogen-bond acceptors (Lipinski definition) is 4. The fourth-order valence-corrected chi connectivity index (χ4v) is 4.18. The van der Waals surface area contributed by atoms with Crippen LogP contribution in [0.2, 0.25) is 0 Å². The molecule has 0 unspecified atom stereocenters. The number of amides is 2. The molecule has 4 N–H and O–H groups in total. The van der Waals surface area contributed by atoms with Crippen LogP contribution in [0.1, 0.15) is 43.1 Å². The summed E-state index contributed by atoms with van der Waals surface area (Å²) in [4.78, 5) is 20.1. The normalized spacial score (nSPS) is 19.1. The number of urea groups is 1. The first-order chi connectivity index (χ1) is 16.3. The summed E-state index contributed by atoms with van der Waals surface area (Å²) in [6, 6.07) is 4.96. The van der Waals surface area contributed by atoms with E-state index in [1.807, 2.05) is 0 Å². The van der Waals surface area contributed by atoms with Crippen LogP contribution in [-0.4, -0.2) is 40.4 Å². The number of rotatable bonds is 6. The summed E-state index contributed by atoms with van der Waals surface area (Å²) in [6.07, 6.45) is 1.20. The maximum Gasteiger partial charge on any atom is 0.315 e. The number of nitrogens with zero attached hydrogens (tertiary/aromatic N) is 1. The quantitative estimate of drug-likeness (QED) is 0.316. The molecule has 1 heterocycles. The van der Waals surface area contributed by atoms with Crippen LogP contribution in [0.5, 0.6) is 5.75 Å². The summed E-state index contributed by atoms with van der Waals surface area (Å²) < 4.78 is 62.3. The second-order valence-corrected chi connectivity index (χ2v) is 8.29. The van der Waals surface area contributed by atoms with Gasteiger partial charge in [0.2, 0.25) is 11.6 Å². The number of H-pyrrole nitrogens is 1. The fourth-order valence-electron chi connectivity index (χ4n) is 4.18. The number of para-hydroxylation sites is 2. The van der Waals surface area contributed by atoms with Gasteiger partial charge < -0.3 is 25.5 Å². The number of aliphatic hydroxyl groups excluding tert-OH is 1. The molecule has 4 rings (SSSR count). The second kappa shape index (κ2) is 9.88. The Hall–Kier alpha value is -3.34. The molecule has 0 spiro atoms. The first-order valence-corrected chi connectivity index (χ1v) is 10.9. The molecule has 1 aromatic heterocycles. The SMILES string of the molecule is COc1c(F)c(F)c(C[C@@H](NC(=O)NC2CCC(O)CC2)c2nc3ccccc3[nH]2)c(F)c1F. The van der Waals surface area contributed by atoms with Gasteiger partial charge in [-0.2, -0.15) is 8.78 Å². The predicted molar refractivity (Wildman–Crippen MR) is 115 cm³/mol. The summed E-state index contributed by atoms with van der Waals surface area (Å²) in [5.41, 5.74) is 0.264. The third kappa shape index (κ3) is 4.79. The van der Waals surface area contributed by atoms with Crippen molar-refractivity contribution in [3.63, 3.8) is 0 Å². The van der Waals surface area contributed by atoms with Crippen LogP contribution in [0.4, 0.5) is 22.4 Å². The number of hydrogen-bond donors (Lipinski definition) is 4. The number of imidazole rings is 1. The van der Waals surface area contributed by atoms with Gasteiger partial charge in [-0.25, -0.2) is 18.6 Å². The van der Waals surface area contributed by atoms with Crippen LogP contribution in [0.3, 0.4) is 0 Å². The molecule has 1 aliphatic carbocycles. The van der Waals surface area contributed by atoms with Gasteiger partial charge in [0, 0.05) is 18.0 Å². The van der Waals surface area contributed by atoms with Crippen molar-refractivity contribution in [2.45, 2.75) is 50.3 Å². The van der Waals surface area contributed by atoms with E-state index in [4.69, 9.17) is 0 Å². The van der Waals surface area contributed by atoms with Gasteiger partial charge in [-0.05, 0) is 37.8 Å². The summed E-state index contributed by atoms with van der Waals surface area (Å²) >= 11 is 0. The molecule has 1 fully saturated rings. The Kier molecular flexibility index (Phi) is 6.92. The third-order valence-electron chi connectivity index (χ3n) is 6.00. The standard InChI is InChI=1S/C23H24F4N4O3/c1-34-21-19(26)17(24)13(18(25)20(21)27)10-16(22-29-14-4-2-3-5-15(14)30-22)31-23(33)28-11-6-8-12(32)9-7-11/h2-5,11-12,16,32H,6-10H2,1H3,(H,29,30)(H2,28,31,33)/t11?,12?,16-/m1/s1. The van der Waals surface area contributed by atoms with Gasteiger partial charge in [0.1, 0.15) is 5.82 Å². The number of ether oxygens (including phenoxy) is 1. The van der Waals surface area contributed by atoms with E-state index in [9.17, 15) is 27.5 Å². The second-order valence-electron chi connectivity index (χ2n) is 8.29. The number of benzene rings is 2. The smallest absolute Gasteiger partial charge is 0.315 e. The molecule has 34 heavy (non-hydrogen) atoms. The van der Waals surface area contributed by atoms with Crippen LogP contribution in [0, 0.1) is 23.3 Å². The Balaban J connectivity index is 1.64. The van der Waals surface area contributed by atoms with Gasteiger partial charge >= 0.3 is 6.03 Å². The zero-order valence-electron chi connectivity index (χ0n) is 18.3. The lowest BCUT2D eigenvalue weighted by Crippen LogP contribution is -2.45. The van der Waals surface area contributed by atoms with Crippen LogP contribution < -0.4 is 15.4 Å². The Morgan fingerprint density at radius 3 is 2.38 bits per heavy atom. The summed E-state index contributed by atoms with van der Waals surface area (Å²) in [5.74, 6) is -7.55. The molecule has 0 bridgehead atoms. The molecule has 3 aromatic rings. The number of carbonyl (C=O) groups is 1. The molecule has 0 saturated heterocycles. The highest BCUT2D eigenvalue weighted by atomic mass is 19.2. The summed E-state index contributed by atoms with van der Waals surface area (Å²) in [5, 5.41) is 15.0. The molecule has 2 aromatic carbocycles. The zero-order valence-corrected chi connectivity index (χ0v) is 18.3. The van der Waals surface area contributed by atoms with Crippen molar-refractivity contribution in [1.82, 2.24) is 20.6 Å². The van der Waals surface area contributed by atoms with Crippen LogP contribution in [0.15, 0.2) is 24.3 Å². The lowest BCUT2D eigenvalue weighted by atomic mass is 9.93. The number of aromatic amines is 1. The molecule has 11 heteroatoms. The van der Waals surface area contributed by atoms with Crippen molar-refractivity contribution in [1.29, 1.82) is 0 Å². The van der Waals surface area contributed by atoms with Gasteiger partial charge in [-0.3, -0.25) is 0 Å². The van der Waals surface area contributed by atoms with Crippen LogP contribution in [0.25, 0.3) is 11.0 Å². The highest BCUT2D eigenvalue weighted by Gasteiger charge is 2.30. The predicted octanol–water partition coefficient (Wildman–Crippen LogP) is 4.01. The minimum absolute atomic E-state index is 0.158. The average Bonchev–Trinajstić information content (AvgIpc) is 3.26. The van der Waals surface area contributed by atoms with E-state index in [1.165, 1.54) is 0 Å². The Labute approximate surface area is 192 Å². The molecule has 7 nitrogen and oxygen atoms in total. The largest absolute Gasteiger partial charge is 0.491 e. The van der Waals surface area contributed by atoms with Crippen LogP contribution in [-0.2, 0) is 6.42 Å². The summed E-state index contributed by atoms with van der Waals surface area (Å²) in [7, 11) is 0.896. The number of nitrogens with one attached hydrogen (secondary N) is 3. The summed E-state index contributed by atoms with van der Waals surface area (Å²) in [6.45, 7) is 0. The van der Waals surface area contributed by atoms with Crippen molar-refractivity contribution < 1.29 is 32.2 Å². The maximum absolute atomic E-state index is 14.7. The number of carbonyl (C=O) groups excluding carboxylic acids is 1. The number of halogens is 4. The van der Waals surface area contributed by atoms with Gasteiger partial charge in [0.05, 0.1) is 30.3 Å². The van der Waals surface area contributed by atoms with Crippen molar-refractivity contribution >= 4 is 17.1 Å². The van der Waals surface area contributed by atoms with E-state index in [0.29, 0.717) is 36.7 Å². The van der Waals surface area contributed by atoms with E-state index >= 15 is 0 Å². The Morgan fingerprint density at radius 2 is 1.76 bits per heavy atom. The van der Waals surface area contributed by atoms with Crippen molar-refractivity contribution in [3.05, 3.63) is 58.9 Å². The number of aromatic nitrogens is 2. The van der Waals surface area contributed by atoms with E-state index in [2.05, 4.69) is 25.3 Å². The number of aliphatic hydroxyl groups is 1. The Morgan fingerprint density at radius 1 is 1.12 bits per heavy atom. The van der Waals surface area contributed by atoms with Crippen LogP contribution >= 0.6 is 0 Å². The van der Waals surface area contributed by atoms with Gasteiger partial charge in [-0.15, -0.1) is 0 Å². The minimum atomic E-state index is -1.66. The van der Waals surface area contributed by atoms with Gasteiger partial charge in [-0.1, -0.05) is 12.1 Å². The molecule has 1 aliphatic rings. The molecule has 0 aliphatic heterocycles. The minimum Gasteiger partial charge on any atom is -0.491 e. The van der Waals surface area contributed by atoms with E-state index in [0.717, 1.165) is 7.11 Å². The average molecular weight is 480 g/mol. The highest BCUT2D eigenvalue weighted by Crippen LogP contribution is 2.32. The lowest BCUT2D eigenvalue weighted by molar-refractivity contribution is 0.117. The van der Waals surface area contributed by atoms with E-state index in [-0.39, 0.29) is 11.9 Å². The van der Waals surface area contributed by atoms with E-state index < -0.39 is 59.2 Å². The molecule has 182 valence electrons. The first-order valence-electron chi connectivity index (χ1n) is 10.9. The van der Waals surface area contributed by atoms with E-state index in [1.54, 1.807) is 24.3 Å². The molecular formula is C23H24F4N4O3. The number of methoxy groups -OCH3 is 1. The monoisotopic (exact) mass is 480 g/mol. The van der Waals surface area contributed by atoms with Gasteiger partial charge in [0.15, 0.2) is 17.4 Å². The molecule has 2 amide bonds. The highest BCUT2D eigenvalue weighted by molar-refractivity contribution is 5.76. The first kappa shape index (κ1) is 23.8. The lowest BCUT2D eigenvalue weighted by Gasteiger charge is -2.27. The van der Waals surface area contributed by atoms with Crippen molar-refractivity contribution in [3.8, 4) is 5.75 Å². The van der Waals surface area contributed by atoms with Gasteiger partial charge in [0.25, 0.3) is 0 Å². The van der Waals surface area contributed by atoms with Crippen molar-refractivity contribution in [2.24, 2.45) is 0 Å². The zero-order chi connectivity index (χ0) is 24.4. The number of fused-ring (bicyclic) bond motifs is 1. The molecule has 1 saturated carbocycles. The Bertz CT molecular complexity index is 1130. The molecule has 1 atom stereocenters. The molecule has 0 radical (unpaired) electrons. The molecular weight excluding hydrogens is 456 g/mol. The fraction of sp³-hybridized carbons (Fsp3) is 0.391. The van der Waals surface area contributed by atoms with Crippen molar-refractivity contribution in [2.75, 3.05) is 7.11 Å². The third-order valence-corrected chi connectivity index (χ3v) is 6.00. The maximum atomic E-state index is 14.7. The topological polar surface area (TPSA) is 99.3 Å².